The van der Waals surface area contributed by atoms with Crippen LogP contribution in [0.5, 0.6) is 0 Å². The highest BCUT2D eigenvalue weighted by atomic mass is 19.3. The number of anilines is 2. The Bertz CT molecular complexity index is 675. The van der Waals surface area contributed by atoms with E-state index in [0.29, 0.717) is 36.2 Å². The molecule has 1 saturated carbocycles. The maximum atomic E-state index is 13.2. The van der Waals surface area contributed by atoms with E-state index in [2.05, 4.69) is 19.9 Å². The summed E-state index contributed by atoms with van der Waals surface area (Å²) >= 11 is 0. The van der Waals surface area contributed by atoms with E-state index in [1.54, 1.807) is 29.6 Å². The van der Waals surface area contributed by atoms with Crippen LogP contribution in [0.15, 0.2) is 24.7 Å². The first-order valence-electron chi connectivity index (χ1n) is 6.59. The van der Waals surface area contributed by atoms with Crippen LogP contribution < -0.4 is 10.6 Å². The summed E-state index contributed by atoms with van der Waals surface area (Å²) in [4.78, 5) is 18.4. The van der Waals surface area contributed by atoms with Gasteiger partial charge in [0.15, 0.2) is 5.82 Å². The quantitative estimate of drug-likeness (QED) is 0.895. The predicted octanol–water partition coefficient (Wildman–Crippen LogP) is 1.22. The summed E-state index contributed by atoms with van der Waals surface area (Å²) in [5.74, 6) is -2.31. The molecule has 8 heteroatoms. The third-order valence-corrected chi connectivity index (χ3v) is 4.06. The molecule has 2 atom stereocenters. The Kier molecular flexibility index (Phi) is 2.39. The van der Waals surface area contributed by atoms with Crippen molar-refractivity contribution in [3.63, 3.8) is 0 Å². The van der Waals surface area contributed by atoms with Crippen LogP contribution in [0.1, 0.15) is 0 Å². The number of rotatable bonds is 2. The van der Waals surface area contributed by atoms with E-state index in [1.165, 1.54) is 0 Å². The number of halogens is 2. The van der Waals surface area contributed by atoms with Crippen molar-refractivity contribution in [3.8, 4) is 11.4 Å². The monoisotopic (exact) mass is 290 g/mol. The lowest BCUT2D eigenvalue weighted by molar-refractivity contribution is 0.0796. The van der Waals surface area contributed by atoms with E-state index in [9.17, 15) is 8.78 Å². The van der Waals surface area contributed by atoms with Crippen LogP contribution in [-0.4, -0.2) is 38.9 Å². The summed E-state index contributed by atoms with van der Waals surface area (Å²) < 4.78 is 26.3. The van der Waals surface area contributed by atoms with Crippen LogP contribution in [0.3, 0.4) is 0 Å². The Morgan fingerprint density at radius 1 is 1.14 bits per heavy atom. The molecule has 3 heterocycles. The highest BCUT2D eigenvalue weighted by Gasteiger charge is 2.71. The van der Waals surface area contributed by atoms with Crippen molar-refractivity contribution in [2.75, 3.05) is 23.7 Å². The van der Waals surface area contributed by atoms with Crippen LogP contribution in [-0.2, 0) is 0 Å². The zero-order valence-electron chi connectivity index (χ0n) is 10.9. The minimum Gasteiger partial charge on any atom is -0.384 e. The van der Waals surface area contributed by atoms with Gasteiger partial charge in [0, 0.05) is 31.7 Å². The van der Waals surface area contributed by atoms with Crippen molar-refractivity contribution < 1.29 is 8.78 Å². The molecule has 2 aliphatic rings. The zero-order chi connectivity index (χ0) is 14.6. The Morgan fingerprint density at radius 3 is 2.43 bits per heavy atom. The normalized spacial score (nSPS) is 25.7. The second kappa shape index (κ2) is 4.06. The SMILES string of the molecule is Nc1ccnc(-c2cnc(N3CC4C(C3)C4(F)F)nc2)n1. The van der Waals surface area contributed by atoms with Gasteiger partial charge >= 0.3 is 0 Å². The minimum atomic E-state index is -2.49. The first-order valence-corrected chi connectivity index (χ1v) is 6.59. The maximum absolute atomic E-state index is 13.2. The van der Waals surface area contributed by atoms with Gasteiger partial charge in [-0.2, -0.15) is 0 Å². The predicted molar refractivity (Wildman–Crippen MR) is 71.6 cm³/mol. The van der Waals surface area contributed by atoms with E-state index in [1.807, 2.05) is 0 Å². The molecule has 0 radical (unpaired) electrons. The average Bonchev–Trinajstić information content (AvgIpc) is 2.86. The number of nitrogens with two attached hydrogens (primary N) is 1. The summed E-state index contributed by atoms with van der Waals surface area (Å²) in [6.45, 7) is 0.623. The van der Waals surface area contributed by atoms with Crippen molar-refractivity contribution in [1.82, 2.24) is 19.9 Å². The highest BCUT2D eigenvalue weighted by molar-refractivity contribution is 5.55. The van der Waals surface area contributed by atoms with Gasteiger partial charge in [-0.05, 0) is 6.07 Å². The third-order valence-electron chi connectivity index (χ3n) is 4.06. The molecule has 2 unspecified atom stereocenters. The molecule has 0 aromatic carbocycles. The molecular weight excluding hydrogens is 278 g/mol. The Balaban J connectivity index is 1.53. The van der Waals surface area contributed by atoms with E-state index in [4.69, 9.17) is 5.73 Å². The van der Waals surface area contributed by atoms with Gasteiger partial charge in [0.1, 0.15) is 5.82 Å². The molecule has 2 fully saturated rings. The fourth-order valence-electron chi connectivity index (χ4n) is 2.78. The third kappa shape index (κ3) is 1.90. The second-order valence-corrected chi connectivity index (χ2v) is 5.37. The lowest BCUT2D eigenvalue weighted by atomic mass is 10.3. The topological polar surface area (TPSA) is 80.8 Å². The summed E-state index contributed by atoms with van der Waals surface area (Å²) in [6.07, 6.45) is 4.72. The van der Waals surface area contributed by atoms with Gasteiger partial charge in [-0.25, -0.2) is 28.7 Å². The smallest absolute Gasteiger partial charge is 0.258 e. The van der Waals surface area contributed by atoms with Crippen molar-refractivity contribution in [2.24, 2.45) is 11.8 Å². The van der Waals surface area contributed by atoms with Gasteiger partial charge in [-0.1, -0.05) is 0 Å². The van der Waals surface area contributed by atoms with Gasteiger partial charge in [-0.3, -0.25) is 0 Å². The molecule has 0 amide bonds. The van der Waals surface area contributed by atoms with Crippen LogP contribution in [0.25, 0.3) is 11.4 Å². The molecule has 0 bridgehead atoms. The Labute approximate surface area is 119 Å². The lowest BCUT2D eigenvalue weighted by Crippen LogP contribution is -2.28. The van der Waals surface area contributed by atoms with Crippen molar-refractivity contribution >= 4 is 11.8 Å². The Morgan fingerprint density at radius 2 is 1.81 bits per heavy atom. The maximum Gasteiger partial charge on any atom is 0.258 e. The summed E-state index contributed by atoms with van der Waals surface area (Å²) in [6, 6.07) is 1.59. The summed E-state index contributed by atoms with van der Waals surface area (Å²) in [7, 11) is 0. The molecule has 1 aliphatic heterocycles. The molecule has 2 aromatic rings. The second-order valence-electron chi connectivity index (χ2n) is 5.37. The standard InChI is InChI=1S/C13H12F2N6/c14-13(15)8-5-21(6-9(8)13)12-18-3-7(4-19-12)11-17-2-1-10(16)20-11/h1-4,8-9H,5-6H2,(H2,16,17,20). The van der Waals surface area contributed by atoms with Gasteiger partial charge in [0.25, 0.3) is 5.92 Å². The first-order chi connectivity index (χ1) is 10.1. The fraction of sp³-hybridized carbons (Fsp3) is 0.385. The number of hydrogen-bond donors (Lipinski definition) is 1. The number of aromatic nitrogens is 4. The van der Waals surface area contributed by atoms with E-state index >= 15 is 0 Å². The minimum absolute atomic E-state index is 0.311. The van der Waals surface area contributed by atoms with Crippen LogP contribution in [0.2, 0.25) is 0 Å². The summed E-state index contributed by atoms with van der Waals surface area (Å²) in [5.41, 5.74) is 6.24. The molecule has 0 spiro atoms. The number of nitrogen functional groups attached to an aromatic ring is 1. The number of hydrogen-bond acceptors (Lipinski definition) is 6. The summed E-state index contributed by atoms with van der Waals surface area (Å²) in [5, 5.41) is 0. The van der Waals surface area contributed by atoms with Crippen molar-refractivity contribution in [1.29, 1.82) is 0 Å². The fourth-order valence-corrected chi connectivity index (χ4v) is 2.78. The Hall–Kier alpha value is -2.38. The van der Waals surface area contributed by atoms with Crippen LogP contribution in [0.4, 0.5) is 20.5 Å². The van der Waals surface area contributed by atoms with Crippen molar-refractivity contribution in [2.45, 2.75) is 5.92 Å². The lowest BCUT2D eigenvalue weighted by Gasteiger charge is -2.19. The first kappa shape index (κ1) is 12.4. The van der Waals surface area contributed by atoms with Gasteiger partial charge < -0.3 is 10.6 Å². The molecule has 21 heavy (non-hydrogen) atoms. The molecule has 1 saturated heterocycles. The molecule has 108 valence electrons. The molecule has 6 nitrogen and oxygen atoms in total. The number of piperidine rings is 1. The number of nitrogens with zero attached hydrogens (tertiary/aromatic N) is 5. The van der Waals surface area contributed by atoms with E-state index in [0.717, 1.165) is 0 Å². The van der Waals surface area contributed by atoms with Gasteiger partial charge in [-0.15, -0.1) is 0 Å². The highest BCUT2D eigenvalue weighted by Crippen LogP contribution is 2.59. The molecule has 2 aromatic heterocycles. The number of alkyl halides is 2. The van der Waals surface area contributed by atoms with Gasteiger partial charge in [0.05, 0.1) is 17.4 Å². The van der Waals surface area contributed by atoms with E-state index < -0.39 is 17.8 Å². The zero-order valence-corrected chi connectivity index (χ0v) is 10.9. The molecular formula is C13H12F2N6. The van der Waals surface area contributed by atoms with E-state index in [-0.39, 0.29) is 0 Å². The largest absolute Gasteiger partial charge is 0.384 e. The van der Waals surface area contributed by atoms with Gasteiger partial charge in [0.2, 0.25) is 5.95 Å². The molecule has 4 rings (SSSR count). The average molecular weight is 290 g/mol. The molecule has 2 N–H and O–H groups in total. The van der Waals surface area contributed by atoms with Crippen molar-refractivity contribution in [3.05, 3.63) is 24.7 Å². The van der Waals surface area contributed by atoms with Crippen LogP contribution >= 0.6 is 0 Å². The van der Waals surface area contributed by atoms with Crippen LogP contribution in [0, 0.1) is 11.8 Å². The molecule has 1 aliphatic carbocycles. The number of fused-ring (bicyclic) bond motifs is 1.